The second-order valence-corrected chi connectivity index (χ2v) is 5.65. The molecule has 7 heteroatoms. The number of hydrogen-bond acceptors (Lipinski definition) is 5. The Morgan fingerprint density at radius 1 is 1.39 bits per heavy atom. The second-order valence-electron chi connectivity index (χ2n) is 5.65. The van der Waals surface area contributed by atoms with Crippen LogP contribution in [0.5, 0.6) is 0 Å². The van der Waals surface area contributed by atoms with Crippen LogP contribution in [0.25, 0.3) is 0 Å². The predicted molar refractivity (Wildman–Crippen MR) is 82.5 cm³/mol. The third kappa shape index (κ3) is 3.23. The molecule has 1 aliphatic rings. The van der Waals surface area contributed by atoms with Crippen molar-refractivity contribution in [3.63, 3.8) is 0 Å². The quantitative estimate of drug-likeness (QED) is 0.926. The predicted octanol–water partition coefficient (Wildman–Crippen LogP) is 1.61. The lowest BCUT2D eigenvalue weighted by molar-refractivity contribution is -0.127. The number of carbonyl (C=O) groups excluding carboxylic acids is 2. The highest BCUT2D eigenvalue weighted by molar-refractivity contribution is 6.00. The zero-order valence-corrected chi connectivity index (χ0v) is 13.0. The molecule has 0 bridgehead atoms. The van der Waals surface area contributed by atoms with Gasteiger partial charge >= 0.3 is 0 Å². The van der Waals surface area contributed by atoms with E-state index in [1.165, 1.54) is 0 Å². The molecule has 0 radical (unpaired) electrons. The molecule has 0 saturated carbocycles. The Hall–Kier alpha value is -2.70. The van der Waals surface area contributed by atoms with Gasteiger partial charge in [0.25, 0.3) is 0 Å². The minimum atomic E-state index is -0.385. The molecule has 2 amide bonds. The second kappa shape index (κ2) is 6.20. The summed E-state index contributed by atoms with van der Waals surface area (Å²) in [6, 6.07) is 8.97. The lowest BCUT2D eigenvalue weighted by Crippen LogP contribution is -2.34. The van der Waals surface area contributed by atoms with Gasteiger partial charge in [0.05, 0.1) is 5.92 Å². The van der Waals surface area contributed by atoms with Gasteiger partial charge in [-0.25, -0.2) is 0 Å². The van der Waals surface area contributed by atoms with Crippen LogP contribution in [0.3, 0.4) is 0 Å². The molecule has 1 N–H and O–H groups in total. The van der Waals surface area contributed by atoms with E-state index in [4.69, 9.17) is 4.52 Å². The number of amides is 2. The molecule has 2 atom stereocenters. The van der Waals surface area contributed by atoms with Gasteiger partial charge < -0.3 is 14.7 Å². The summed E-state index contributed by atoms with van der Waals surface area (Å²) in [5, 5.41) is 6.54. The van der Waals surface area contributed by atoms with Crippen LogP contribution in [0.15, 0.2) is 34.9 Å². The fourth-order valence-corrected chi connectivity index (χ4v) is 2.62. The summed E-state index contributed by atoms with van der Waals surface area (Å²) in [6.45, 7) is 3.87. The number of para-hydroxylation sites is 1. The van der Waals surface area contributed by atoms with Crippen LogP contribution in [0.2, 0.25) is 0 Å². The molecular formula is C16H18N4O3. The number of anilines is 1. The van der Waals surface area contributed by atoms with Gasteiger partial charge in [-0.1, -0.05) is 23.4 Å². The number of rotatable bonds is 4. The first-order valence-corrected chi connectivity index (χ1v) is 7.50. The standard InChI is InChI=1S/C16H18N4O3/c1-10(16-18-11(2)19-23-16)17-15(22)12-8-14(21)20(9-12)13-6-4-3-5-7-13/h3-7,10,12H,8-9H2,1-2H3,(H,17,22)/t10-,12+/m0/s1. The van der Waals surface area contributed by atoms with E-state index in [-0.39, 0.29) is 30.2 Å². The first-order chi connectivity index (χ1) is 11.0. The molecule has 0 spiro atoms. The lowest BCUT2D eigenvalue weighted by atomic mass is 10.1. The van der Waals surface area contributed by atoms with Gasteiger partial charge in [-0.15, -0.1) is 0 Å². The molecule has 1 saturated heterocycles. The maximum absolute atomic E-state index is 12.4. The first kappa shape index (κ1) is 15.2. The molecule has 1 aromatic carbocycles. The Morgan fingerprint density at radius 2 is 2.13 bits per heavy atom. The highest BCUT2D eigenvalue weighted by atomic mass is 16.5. The van der Waals surface area contributed by atoms with E-state index in [1.807, 2.05) is 30.3 Å². The fraction of sp³-hybridized carbons (Fsp3) is 0.375. The Balaban J connectivity index is 1.64. The average molecular weight is 314 g/mol. The average Bonchev–Trinajstić information content (AvgIpc) is 3.14. The van der Waals surface area contributed by atoms with Crippen molar-refractivity contribution in [1.29, 1.82) is 0 Å². The van der Waals surface area contributed by atoms with Crippen LogP contribution in [0, 0.1) is 12.8 Å². The molecule has 1 fully saturated rings. The summed E-state index contributed by atoms with van der Waals surface area (Å²) in [4.78, 5) is 30.3. The SMILES string of the molecule is Cc1noc([C@H](C)NC(=O)[C@@H]2CC(=O)N(c3ccccc3)C2)n1. The summed E-state index contributed by atoms with van der Waals surface area (Å²) >= 11 is 0. The molecule has 120 valence electrons. The zero-order chi connectivity index (χ0) is 16.4. The van der Waals surface area contributed by atoms with Crippen LogP contribution < -0.4 is 10.2 Å². The minimum absolute atomic E-state index is 0.0439. The molecule has 0 aliphatic carbocycles. The Bertz CT molecular complexity index is 713. The van der Waals surface area contributed by atoms with Crippen molar-refractivity contribution in [2.24, 2.45) is 5.92 Å². The van der Waals surface area contributed by atoms with Crippen LogP contribution in [0.1, 0.15) is 31.1 Å². The van der Waals surface area contributed by atoms with Crippen molar-refractivity contribution in [3.8, 4) is 0 Å². The van der Waals surface area contributed by atoms with Crippen LogP contribution in [-0.4, -0.2) is 28.5 Å². The first-order valence-electron chi connectivity index (χ1n) is 7.50. The highest BCUT2D eigenvalue weighted by Crippen LogP contribution is 2.25. The van der Waals surface area contributed by atoms with Crippen molar-refractivity contribution in [2.75, 3.05) is 11.4 Å². The lowest BCUT2D eigenvalue weighted by Gasteiger charge is -2.17. The molecular weight excluding hydrogens is 296 g/mol. The number of aromatic nitrogens is 2. The maximum atomic E-state index is 12.4. The summed E-state index contributed by atoms with van der Waals surface area (Å²) in [6.07, 6.45) is 0.205. The summed E-state index contributed by atoms with van der Waals surface area (Å²) in [7, 11) is 0. The number of aryl methyl sites for hydroxylation is 1. The van der Waals surface area contributed by atoms with Gasteiger partial charge in [0.1, 0.15) is 6.04 Å². The van der Waals surface area contributed by atoms with E-state index in [2.05, 4.69) is 15.5 Å². The van der Waals surface area contributed by atoms with Gasteiger partial charge in [-0.2, -0.15) is 4.98 Å². The van der Waals surface area contributed by atoms with Gasteiger partial charge in [0, 0.05) is 18.7 Å². The Kier molecular flexibility index (Phi) is 4.10. The van der Waals surface area contributed by atoms with Crippen molar-refractivity contribution in [2.45, 2.75) is 26.3 Å². The zero-order valence-electron chi connectivity index (χ0n) is 13.0. The van der Waals surface area contributed by atoms with E-state index in [9.17, 15) is 9.59 Å². The topological polar surface area (TPSA) is 88.3 Å². The number of carbonyl (C=O) groups is 2. The number of nitrogens with zero attached hydrogens (tertiary/aromatic N) is 3. The van der Waals surface area contributed by atoms with E-state index in [1.54, 1.807) is 18.7 Å². The van der Waals surface area contributed by atoms with Crippen LogP contribution in [-0.2, 0) is 9.59 Å². The van der Waals surface area contributed by atoms with Crippen molar-refractivity contribution < 1.29 is 14.1 Å². The van der Waals surface area contributed by atoms with E-state index >= 15 is 0 Å². The van der Waals surface area contributed by atoms with E-state index in [0.29, 0.717) is 18.3 Å². The molecule has 2 heterocycles. The Labute approximate surface area is 133 Å². The molecule has 7 nitrogen and oxygen atoms in total. The van der Waals surface area contributed by atoms with Crippen molar-refractivity contribution in [1.82, 2.24) is 15.5 Å². The molecule has 2 aromatic rings. The van der Waals surface area contributed by atoms with Crippen molar-refractivity contribution in [3.05, 3.63) is 42.0 Å². The van der Waals surface area contributed by atoms with Crippen LogP contribution in [0.4, 0.5) is 5.69 Å². The maximum Gasteiger partial charge on any atom is 0.248 e. The summed E-state index contributed by atoms with van der Waals surface area (Å²) in [5.41, 5.74) is 0.813. The summed E-state index contributed by atoms with van der Waals surface area (Å²) in [5.74, 6) is 0.277. The van der Waals surface area contributed by atoms with Crippen molar-refractivity contribution >= 4 is 17.5 Å². The number of benzene rings is 1. The normalized spacial score (nSPS) is 19.0. The highest BCUT2D eigenvalue weighted by Gasteiger charge is 2.35. The van der Waals surface area contributed by atoms with E-state index in [0.717, 1.165) is 5.69 Å². The molecule has 1 aliphatic heterocycles. The smallest absolute Gasteiger partial charge is 0.248 e. The van der Waals surface area contributed by atoms with Crippen LogP contribution >= 0.6 is 0 Å². The largest absolute Gasteiger partial charge is 0.344 e. The molecule has 1 aromatic heterocycles. The fourth-order valence-electron chi connectivity index (χ4n) is 2.62. The minimum Gasteiger partial charge on any atom is -0.344 e. The number of hydrogen-bond donors (Lipinski definition) is 1. The molecule has 23 heavy (non-hydrogen) atoms. The third-order valence-electron chi connectivity index (χ3n) is 3.84. The third-order valence-corrected chi connectivity index (χ3v) is 3.84. The monoisotopic (exact) mass is 314 g/mol. The molecule has 3 rings (SSSR count). The van der Waals surface area contributed by atoms with E-state index < -0.39 is 0 Å². The number of nitrogens with one attached hydrogen (secondary N) is 1. The molecule has 0 unspecified atom stereocenters. The Morgan fingerprint density at radius 3 is 2.78 bits per heavy atom. The van der Waals surface area contributed by atoms with Gasteiger partial charge in [0.2, 0.25) is 17.7 Å². The summed E-state index contributed by atoms with van der Waals surface area (Å²) < 4.78 is 5.05. The van der Waals surface area contributed by atoms with Gasteiger partial charge in [-0.05, 0) is 26.0 Å². The van der Waals surface area contributed by atoms with Gasteiger partial charge in [-0.3, -0.25) is 9.59 Å². The van der Waals surface area contributed by atoms with Gasteiger partial charge in [0.15, 0.2) is 5.82 Å².